The standard InChI is InChI=1S/C8H11NO4.ClH/c1-7(5(10)11)2-3-8(9,4-7)6(12)13;/h2-3H,4,9H2,1H3,(H,10,11)(H,12,13);1H/t7-,8-;/m0./s1. The van der Waals surface area contributed by atoms with Crippen LogP contribution in [0, 0.1) is 5.41 Å². The monoisotopic (exact) mass is 221 g/mol. The van der Waals surface area contributed by atoms with Crippen LogP contribution in [0.2, 0.25) is 0 Å². The Kier molecular flexibility index (Phi) is 3.31. The molecule has 80 valence electrons. The zero-order valence-corrected chi connectivity index (χ0v) is 8.37. The first-order valence-corrected chi connectivity index (χ1v) is 3.76. The third kappa shape index (κ3) is 1.88. The van der Waals surface area contributed by atoms with Crippen molar-refractivity contribution < 1.29 is 19.8 Å². The van der Waals surface area contributed by atoms with Gasteiger partial charge < -0.3 is 15.9 Å². The number of halogens is 1. The molecule has 0 aliphatic heterocycles. The molecule has 0 aromatic carbocycles. The minimum absolute atomic E-state index is 0. The Morgan fingerprint density at radius 1 is 1.29 bits per heavy atom. The average Bonchev–Trinajstić information content (AvgIpc) is 2.30. The number of carbonyl (C=O) groups is 2. The van der Waals surface area contributed by atoms with Crippen molar-refractivity contribution in [3.8, 4) is 0 Å². The fourth-order valence-electron chi connectivity index (χ4n) is 1.35. The van der Waals surface area contributed by atoms with Crippen LogP contribution in [-0.4, -0.2) is 27.7 Å². The molecule has 0 saturated carbocycles. The molecule has 0 aromatic rings. The summed E-state index contributed by atoms with van der Waals surface area (Å²) >= 11 is 0. The Labute approximate surface area is 87.0 Å². The lowest BCUT2D eigenvalue weighted by Crippen LogP contribution is -2.47. The van der Waals surface area contributed by atoms with E-state index in [4.69, 9.17) is 15.9 Å². The quantitative estimate of drug-likeness (QED) is 0.580. The molecule has 5 nitrogen and oxygen atoms in total. The number of aliphatic carboxylic acids is 2. The Morgan fingerprint density at radius 3 is 2.00 bits per heavy atom. The zero-order valence-electron chi connectivity index (χ0n) is 7.56. The molecule has 0 heterocycles. The number of nitrogens with two attached hydrogens (primary N) is 1. The summed E-state index contributed by atoms with van der Waals surface area (Å²) in [6, 6.07) is 0. The van der Waals surface area contributed by atoms with Crippen molar-refractivity contribution >= 4 is 24.3 Å². The van der Waals surface area contributed by atoms with Gasteiger partial charge in [-0.1, -0.05) is 12.2 Å². The molecule has 0 bridgehead atoms. The van der Waals surface area contributed by atoms with Crippen LogP contribution in [0.5, 0.6) is 0 Å². The molecule has 0 radical (unpaired) electrons. The van der Waals surface area contributed by atoms with Crippen molar-refractivity contribution in [1.29, 1.82) is 0 Å². The molecule has 1 aliphatic carbocycles. The highest BCUT2D eigenvalue weighted by molar-refractivity contribution is 5.86. The SMILES string of the molecule is C[C@]1(C(=O)O)C=C[C@@](N)(C(=O)O)C1.Cl. The predicted octanol–water partition coefficient (Wildman–Crippen LogP) is 0.241. The number of hydrogen-bond donors (Lipinski definition) is 3. The summed E-state index contributed by atoms with van der Waals surface area (Å²) in [6.07, 6.45) is 2.47. The van der Waals surface area contributed by atoms with Crippen LogP contribution < -0.4 is 5.73 Å². The Morgan fingerprint density at radius 2 is 1.79 bits per heavy atom. The van der Waals surface area contributed by atoms with E-state index in [1.165, 1.54) is 19.1 Å². The van der Waals surface area contributed by atoms with E-state index in [-0.39, 0.29) is 18.8 Å². The maximum atomic E-state index is 10.7. The van der Waals surface area contributed by atoms with E-state index in [1.807, 2.05) is 0 Å². The molecule has 0 spiro atoms. The molecule has 0 unspecified atom stereocenters. The number of hydrogen-bond acceptors (Lipinski definition) is 3. The normalized spacial score (nSPS) is 35.0. The largest absolute Gasteiger partial charge is 0.481 e. The first kappa shape index (κ1) is 12.9. The van der Waals surface area contributed by atoms with Crippen molar-refractivity contribution in [2.45, 2.75) is 18.9 Å². The summed E-state index contributed by atoms with van der Waals surface area (Å²) in [5, 5.41) is 17.5. The Hall–Kier alpha value is -1.07. The summed E-state index contributed by atoms with van der Waals surface area (Å²) in [7, 11) is 0. The first-order valence-electron chi connectivity index (χ1n) is 3.76. The van der Waals surface area contributed by atoms with Gasteiger partial charge >= 0.3 is 11.9 Å². The predicted molar refractivity (Wildman–Crippen MR) is 51.3 cm³/mol. The second-order valence-corrected chi connectivity index (χ2v) is 3.58. The van der Waals surface area contributed by atoms with Crippen LogP contribution in [0.3, 0.4) is 0 Å². The van der Waals surface area contributed by atoms with Crippen molar-refractivity contribution in [3.63, 3.8) is 0 Å². The van der Waals surface area contributed by atoms with E-state index in [0.717, 1.165) is 0 Å². The van der Waals surface area contributed by atoms with Gasteiger partial charge in [0.05, 0.1) is 5.41 Å². The fraction of sp³-hybridized carbons (Fsp3) is 0.500. The Bertz CT molecular complexity index is 276. The second-order valence-electron chi connectivity index (χ2n) is 3.58. The smallest absolute Gasteiger partial charge is 0.327 e. The molecular weight excluding hydrogens is 210 g/mol. The van der Waals surface area contributed by atoms with Crippen LogP contribution in [0.25, 0.3) is 0 Å². The van der Waals surface area contributed by atoms with E-state index >= 15 is 0 Å². The van der Waals surface area contributed by atoms with Gasteiger partial charge in [-0.2, -0.15) is 0 Å². The van der Waals surface area contributed by atoms with Gasteiger partial charge in [0.1, 0.15) is 5.54 Å². The maximum absolute atomic E-state index is 10.7. The summed E-state index contributed by atoms with van der Waals surface area (Å²) in [6.45, 7) is 1.45. The maximum Gasteiger partial charge on any atom is 0.327 e. The van der Waals surface area contributed by atoms with Gasteiger partial charge in [0.25, 0.3) is 0 Å². The van der Waals surface area contributed by atoms with Crippen molar-refractivity contribution in [1.82, 2.24) is 0 Å². The van der Waals surface area contributed by atoms with Crippen LogP contribution in [-0.2, 0) is 9.59 Å². The van der Waals surface area contributed by atoms with Gasteiger partial charge in [-0.15, -0.1) is 12.4 Å². The van der Waals surface area contributed by atoms with Crippen LogP contribution in [0.15, 0.2) is 12.2 Å². The van der Waals surface area contributed by atoms with Gasteiger partial charge in [-0.3, -0.25) is 4.79 Å². The third-order valence-corrected chi connectivity index (χ3v) is 2.30. The van der Waals surface area contributed by atoms with Gasteiger partial charge in [0.15, 0.2) is 0 Å². The van der Waals surface area contributed by atoms with Gasteiger partial charge in [-0.05, 0) is 13.3 Å². The number of carboxylic acid groups (broad SMARTS) is 2. The average molecular weight is 222 g/mol. The molecule has 14 heavy (non-hydrogen) atoms. The molecule has 1 aliphatic rings. The lowest BCUT2D eigenvalue weighted by Gasteiger charge is -2.22. The topological polar surface area (TPSA) is 101 Å². The van der Waals surface area contributed by atoms with Crippen LogP contribution in [0.4, 0.5) is 0 Å². The van der Waals surface area contributed by atoms with Gasteiger partial charge in [0, 0.05) is 0 Å². The Balaban J connectivity index is 0.00000169. The summed E-state index contributed by atoms with van der Waals surface area (Å²) < 4.78 is 0. The van der Waals surface area contributed by atoms with Crippen LogP contribution >= 0.6 is 12.4 Å². The second kappa shape index (κ2) is 3.59. The molecule has 0 amide bonds. The summed E-state index contributed by atoms with van der Waals surface area (Å²) in [5.74, 6) is -2.26. The molecule has 6 heteroatoms. The molecule has 1 rings (SSSR count). The van der Waals surface area contributed by atoms with E-state index in [1.54, 1.807) is 0 Å². The minimum Gasteiger partial charge on any atom is -0.481 e. The minimum atomic E-state index is -1.53. The number of carboxylic acids is 2. The van der Waals surface area contributed by atoms with E-state index in [2.05, 4.69) is 0 Å². The molecule has 0 fully saturated rings. The lowest BCUT2D eigenvalue weighted by molar-refractivity contribution is -0.147. The van der Waals surface area contributed by atoms with E-state index in [9.17, 15) is 9.59 Å². The van der Waals surface area contributed by atoms with Crippen LogP contribution in [0.1, 0.15) is 13.3 Å². The molecule has 2 atom stereocenters. The highest BCUT2D eigenvalue weighted by atomic mass is 35.5. The molecule has 4 N–H and O–H groups in total. The first-order chi connectivity index (χ1) is 5.80. The van der Waals surface area contributed by atoms with E-state index in [0.29, 0.717) is 0 Å². The molecule has 0 saturated heterocycles. The van der Waals surface area contributed by atoms with Crippen molar-refractivity contribution in [2.75, 3.05) is 0 Å². The van der Waals surface area contributed by atoms with Crippen molar-refractivity contribution in [2.24, 2.45) is 11.1 Å². The third-order valence-electron chi connectivity index (χ3n) is 2.30. The van der Waals surface area contributed by atoms with Gasteiger partial charge in [-0.25, -0.2) is 4.79 Å². The van der Waals surface area contributed by atoms with Gasteiger partial charge in [0.2, 0.25) is 0 Å². The summed E-state index contributed by atoms with van der Waals surface area (Å²) in [5.41, 5.74) is 2.77. The highest BCUT2D eigenvalue weighted by Gasteiger charge is 2.47. The zero-order chi connectivity index (χ0) is 10.3. The van der Waals surface area contributed by atoms with E-state index < -0.39 is 22.9 Å². The fourth-order valence-corrected chi connectivity index (χ4v) is 1.35. The van der Waals surface area contributed by atoms with Crippen molar-refractivity contribution in [3.05, 3.63) is 12.2 Å². The number of rotatable bonds is 2. The molecular formula is C8H12ClNO4. The highest BCUT2D eigenvalue weighted by Crippen LogP contribution is 2.36. The lowest BCUT2D eigenvalue weighted by atomic mass is 9.85. The summed E-state index contributed by atoms with van der Waals surface area (Å²) in [4.78, 5) is 21.4. The molecule has 0 aromatic heterocycles.